The topological polar surface area (TPSA) is 68.2 Å². The lowest BCUT2D eigenvalue weighted by molar-refractivity contribution is 0.124. The van der Waals surface area contributed by atoms with Gasteiger partial charge in [-0.15, -0.1) is 0 Å². The van der Waals surface area contributed by atoms with Crippen LogP contribution in [0.4, 0.5) is 4.79 Å². The van der Waals surface area contributed by atoms with E-state index in [1.807, 2.05) is 42.9 Å². The number of nitrogens with zero attached hydrogens (tertiary/aromatic N) is 2. The average Bonchev–Trinajstić information content (AvgIpc) is 3.04. The van der Waals surface area contributed by atoms with Crippen LogP contribution in [0.15, 0.2) is 49.1 Å². The minimum Gasteiger partial charge on any atom is -0.445 e. The molecule has 6 heteroatoms. The standard InChI is InChI=1S/C18H24N4O2/c1-14(11-22-8-7-19-13-22)20-16-9-17(10-16)21-18(23)24-12-15-5-3-2-4-6-15/h2-8,13-14,16-17,20H,9-12H2,1H3,(H,21,23). The van der Waals surface area contributed by atoms with Crippen molar-refractivity contribution in [3.63, 3.8) is 0 Å². The van der Waals surface area contributed by atoms with Crippen LogP contribution in [0, 0.1) is 0 Å². The average molecular weight is 328 g/mol. The van der Waals surface area contributed by atoms with Gasteiger partial charge in [-0.1, -0.05) is 30.3 Å². The SMILES string of the molecule is CC(Cn1ccnc1)NC1CC(NC(=O)OCc2ccccc2)C1. The third-order valence-electron chi connectivity index (χ3n) is 4.24. The number of nitrogens with one attached hydrogen (secondary N) is 2. The third-order valence-corrected chi connectivity index (χ3v) is 4.24. The van der Waals surface area contributed by atoms with Crippen molar-refractivity contribution in [3.8, 4) is 0 Å². The molecule has 1 unspecified atom stereocenters. The Hall–Kier alpha value is -2.34. The first-order valence-corrected chi connectivity index (χ1v) is 8.38. The van der Waals surface area contributed by atoms with Gasteiger partial charge in [-0.25, -0.2) is 9.78 Å². The van der Waals surface area contributed by atoms with Crippen LogP contribution in [0.3, 0.4) is 0 Å². The smallest absolute Gasteiger partial charge is 0.407 e. The molecule has 0 radical (unpaired) electrons. The van der Waals surface area contributed by atoms with Crippen molar-refractivity contribution in [2.45, 2.75) is 51.0 Å². The maximum Gasteiger partial charge on any atom is 0.407 e. The Morgan fingerprint density at radius 2 is 2.12 bits per heavy atom. The number of benzene rings is 1. The third kappa shape index (κ3) is 4.83. The number of amides is 1. The Labute approximate surface area is 142 Å². The second-order valence-electron chi connectivity index (χ2n) is 6.40. The zero-order valence-corrected chi connectivity index (χ0v) is 13.9. The fraction of sp³-hybridized carbons (Fsp3) is 0.444. The quantitative estimate of drug-likeness (QED) is 0.818. The number of ether oxygens (including phenoxy) is 1. The van der Waals surface area contributed by atoms with Crippen LogP contribution in [-0.4, -0.2) is 33.8 Å². The lowest BCUT2D eigenvalue weighted by atomic mass is 9.86. The molecule has 2 N–H and O–H groups in total. The van der Waals surface area contributed by atoms with Crippen molar-refractivity contribution in [2.75, 3.05) is 0 Å². The molecule has 1 amide bonds. The molecule has 1 aliphatic rings. The maximum atomic E-state index is 11.8. The molecule has 1 fully saturated rings. The van der Waals surface area contributed by atoms with Crippen LogP contribution in [0.1, 0.15) is 25.3 Å². The fourth-order valence-corrected chi connectivity index (χ4v) is 2.97. The van der Waals surface area contributed by atoms with Gasteiger partial charge in [0, 0.05) is 37.1 Å². The molecule has 1 aromatic heterocycles. The van der Waals surface area contributed by atoms with Crippen LogP contribution in [0.2, 0.25) is 0 Å². The van der Waals surface area contributed by atoms with E-state index in [1.165, 1.54) is 0 Å². The summed E-state index contributed by atoms with van der Waals surface area (Å²) >= 11 is 0. The van der Waals surface area contributed by atoms with Gasteiger partial charge in [-0.2, -0.15) is 0 Å². The van der Waals surface area contributed by atoms with Gasteiger partial charge in [0.15, 0.2) is 0 Å². The number of imidazole rings is 1. The first-order valence-electron chi connectivity index (χ1n) is 8.38. The van der Waals surface area contributed by atoms with Crippen LogP contribution in [-0.2, 0) is 17.9 Å². The number of hydrogen-bond acceptors (Lipinski definition) is 4. The fourth-order valence-electron chi connectivity index (χ4n) is 2.97. The Bertz CT molecular complexity index is 624. The van der Waals surface area contributed by atoms with Gasteiger partial charge < -0.3 is 19.9 Å². The number of carbonyl (C=O) groups excluding carboxylic acids is 1. The highest BCUT2D eigenvalue weighted by Crippen LogP contribution is 2.20. The summed E-state index contributed by atoms with van der Waals surface area (Å²) in [6.45, 7) is 3.37. The molecule has 1 aromatic carbocycles. The molecule has 0 aliphatic heterocycles. The number of aromatic nitrogens is 2. The maximum absolute atomic E-state index is 11.8. The molecule has 6 nitrogen and oxygen atoms in total. The van der Waals surface area contributed by atoms with Crippen LogP contribution >= 0.6 is 0 Å². The largest absolute Gasteiger partial charge is 0.445 e. The Balaban J connectivity index is 1.29. The van der Waals surface area contributed by atoms with E-state index in [4.69, 9.17) is 4.74 Å². The van der Waals surface area contributed by atoms with Crippen LogP contribution < -0.4 is 10.6 Å². The van der Waals surface area contributed by atoms with Crippen molar-refractivity contribution in [2.24, 2.45) is 0 Å². The monoisotopic (exact) mass is 328 g/mol. The van der Waals surface area contributed by atoms with Crippen molar-refractivity contribution in [1.29, 1.82) is 0 Å². The van der Waals surface area contributed by atoms with Gasteiger partial charge in [0.25, 0.3) is 0 Å². The molecular weight excluding hydrogens is 304 g/mol. The molecule has 3 rings (SSSR count). The van der Waals surface area contributed by atoms with E-state index in [9.17, 15) is 4.79 Å². The van der Waals surface area contributed by atoms with Gasteiger partial charge in [0.05, 0.1) is 6.33 Å². The van der Waals surface area contributed by atoms with Crippen molar-refractivity contribution >= 4 is 6.09 Å². The summed E-state index contributed by atoms with van der Waals surface area (Å²) in [5, 5.41) is 6.49. The Morgan fingerprint density at radius 3 is 2.83 bits per heavy atom. The Kier molecular flexibility index (Phi) is 5.48. The molecule has 1 atom stereocenters. The van der Waals surface area contributed by atoms with Gasteiger partial charge in [0.1, 0.15) is 6.61 Å². The first-order chi connectivity index (χ1) is 11.7. The summed E-state index contributed by atoms with van der Waals surface area (Å²) in [6, 6.07) is 10.7. The second kappa shape index (κ2) is 7.97. The van der Waals surface area contributed by atoms with E-state index in [0.29, 0.717) is 18.7 Å². The highest BCUT2D eigenvalue weighted by molar-refractivity contribution is 5.67. The summed E-state index contributed by atoms with van der Waals surface area (Å²) < 4.78 is 7.30. The zero-order chi connectivity index (χ0) is 16.8. The molecule has 0 spiro atoms. The molecule has 0 bridgehead atoms. The summed E-state index contributed by atoms with van der Waals surface area (Å²) in [4.78, 5) is 15.8. The molecule has 24 heavy (non-hydrogen) atoms. The lowest BCUT2D eigenvalue weighted by Crippen LogP contribution is -2.54. The van der Waals surface area contributed by atoms with E-state index < -0.39 is 0 Å². The zero-order valence-electron chi connectivity index (χ0n) is 13.9. The molecule has 0 saturated heterocycles. The molecule has 2 aromatic rings. The van der Waals surface area contributed by atoms with E-state index in [2.05, 4.69) is 27.1 Å². The predicted octanol–water partition coefficient (Wildman–Crippen LogP) is 2.32. The van der Waals surface area contributed by atoms with E-state index in [-0.39, 0.29) is 12.1 Å². The van der Waals surface area contributed by atoms with E-state index in [0.717, 1.165) is 24.9 Å². The highest BCUT2D eigenvalue weighted by Gasteiger charge is 2.31. The van der Waals surface area contributed by atoms with Crippen LogP contribution in [0.25, 0.3) is 0 Å². The van der Waals surface area contributed by atoms with Gasteiger partial charge >= 0.3 is 6.09 Å². The van der Waals surface area contributed by atoms with E-state index >= 15 is 0 Å². The molecule has 128 valence electrons. The lowest BCUT2D eigenvalue weighted by Gasteiger charge is -2.37. The van der Waals surface area contributed by atoms with E-state index in [1.54, 1.807) is 6.20 Å². The second-order valence-corrected chi connectivity index (χ2v) is 6.40. The predicted molar refractivity (Wildman–Crippen MR) is 91.4 cm³/mol. The number of rotatable bonds is 7. The van der Waals surface area contributed by atoms with Crippen LogP contribution in [0.5, 0.6) is 0 Å². The summed E-state index contributed by atoms with van der Waals surface area (Å²) in [7, 11) is 0. The van der Waals surface area contributed by atoms with Crippen molar-refractivity contribution < 1.29 is 9.53 Å². The van der Waals surface area contributed by atoms with Crippen molar-refractivity contribution in [1.82, 2.24) is 20.2 Å². The number of alkyl carbamates (subject to hydrolysis) is 1. The van der Waals surface area contributed by atoms with Gasteiger partial charge in [0.2, 0.25) is 0 Å². The Morgan fingerprint density at radius 1 is 1.33 bits per heavy atom. The minimum absolute atomic E-state index is 0.200. The minimum atomic E-state index is -0.339. The highest BCUT2D eigenvalue weighted by atomic mass is 16.5. The number of carbonyl (C=O) groups is 1. The first kappa shape index (κ1) is 16.5. The summed E-state index contributed by atoms with van der Waals surface area (Å²) in [5.41, 5.74) is 0.995. The molecular formula is C18H24N4O2. The summed E-state index contributed by atoms with van der Waals surface area (Å²) in [5.74, 6) is 0. The summed E-state index contributed by atoms with van der Waals surface area (Å²) in [6.07, 6.45) is 7.12. The van der Waals surface area contributed by atoms with Gasteiger partial charge in [-0.05, 0) is 25.3 Å². The van der Waals surface area contributed by atoms with Crippen molar-refractivity contribution in [3.05, 3.63) is 54.6 Å². The van der Waals surface area contributed by atoms with Gasteiger partial charge in [-0.3, -0.25) is 0 Å². The normalized spacial score (nSPS) is 20.9. The molecule has 1 heterocycles. The molecule has 1 aliphatic carbocycles. The molecule has 1 saturated carbocycles. The number of hydrogen-bond donors (Lipinski definition) is 2.